The van der Waals surface area contributed by atoms with Crippen molar-refractivity contribution in [2.45, 2.75) is 13.8 Å². The third-order valence-electron chi connectivity index (χ3n) is 2.12. The van der Waals surface area contributed by atoms with Crippen molar-refractivity contribution in [2.24, 2.45) is 0 Å². The molecule has 0 saturated heterocycles. The molecule has 2 aromatic rings. The average Bonchev–Trinajstić information content (AvgIpc) is 2.54. The summed E-state index contributed by atoms with van der Waals surface area (Å²) >= 11 is 1.73. The molecule has 2 rings (SSSR count). The molecule has 0 radical (unpaired) electrons. The molecule has 0 aliphatic rings. The van der Waals surface area contributed by atoms with Crippen LogP contribution in [0.1, 0.15) is 11.5 Å². The Morgan fingerprint density at radius 1 is 1.44 bits per heavy atom. The molecule has 0 aliphatic carbocycles. The van der Waals surface area contributed by atoms with Gasteiger partial charge in [-0.05, 0) is 36.4 Å². The molecule has 2 heterocycles. The molecule has 0 aromatic carbocycles. The Kier molecular flexibility index (Phi) is 2.70. The van der Waals surface area contributed by atoms with E-state index in [0.717, 1.165) is 0 Å². The summed E-state index contributed by atoms with van der Waals surface area (Å²) in [7, 11) is 0. The van der Waals surface area contributed by atoms with Crippen molar-refractivity contribution in [2.75, 3.05) is 0 Å². The zero-order chi connectivity index (χ0) is 11.9. The van der Waals surface area contributed by atoms with E-state index in [1.165, 1.54) is 0 Å². The molecule has 7 heteroatoms. The van der Waals surface area contributed by atoms with Gasteiger partial charge in [0.2, 0.25) is 5.88 Å². The van der Waals surface area contributed by atoms with Crippen LogP contribution in [0, 0.1) is 17.4 Å². The maximum atomic E-state index is 11.5. The zero-order valence-electron chi connectivity index (χ0n) is 8.54. The second-order valence-corrected chi connectivity index (χ2v) is 4.33. The number of nitrogens with zero attached hydrogens (tertiary/aromatic N) is 2. The number of aromatic hydroxyl groups is 1. The van der Waals surface area contributed by atoms with E-state index in [1.807, 2.05) is 0 Å². The smallest absolute Gasteiger partial charge is 0.268 e. The van der Waals surface area contributed by atoms with E-state index in [0.29, 0.717) is 17.0 Å². The first-order chi connectivity index (χ1) is 7.50. The van der Waals surface area contributed by atoms with Gasteiger partial charge >= 0.3 is 0 Å². The van der Waals surface area contributed by atoms with E-state index >= 15 is 0 Å². The highest BCUT2D eigenvalue weighted by Crippen LogP contribution is 2.24. The lowest BCUT2D eigenvalue weighted by atomic mass is 10.2. The fourth-order valence-corrected chi connectivity index (χ4v) is 1.64. The Morgan fingerprint density at radius 3 is 2.62 bits per heavy atom. The summed E-state index contributed by atoms with van der Waals surface area (Å²) in [4.78, 5) is 17.9. The van der Waals surface area contributed by atoms with E-state index < -0.39 is 0 Å². The molecule has 2 aromatic heterocycles. The fraction of sp³-hybridized carbons (Fsp3) is 0.222. The van der Waals surface area contributed by atoms with Crippen molar-refractivity contribution in [1.82, 2.24) is 15.1 Å². The Morgan fingerprint density at radius 2 is 2.12 bits per heavy atom. The maximum Gasteiger partial charge on any atom is 0.268 e. The number of hydrogen-bond acceptors (Lipinski definition) is 5. The van der Waals surface area contributed by atoms with Crippen molar-refractivity contribution >= 4 is 22.6 Å². The monoisotopic (exact) mass is 333 g/mol. The summed E-state index contributed by atoms with van der Waals surface area (Å²) in [6.45, 7) is 3.45. The summed E-state index contributed by atoms with van der Waals surface area (Å²) in [5.74, 6) is 0.514. The van der Waals surface area contributed by atoms with E-state index in [2.05, 4.69) is 15.1 Å². The second-order valence-electron chi connectivity index (χ2n) is 3.25. The number of aromatic nitrogens is 3. The van der Waals surface area contributed by atoms with Gasteiger partial charge in [-0.25, -0.2) is 0 Å². The van der Waals surface area contributed by atoms with Crippen molar-refractivity contribution in [1.29, 1.82) is 0 Å². The van der Waals surface area contributed by atoms with Crippen LogP contribution in [0.2, 0.25) is 0 Å². The van der Waals surface area contributed by atoms with Gasteiger partial charge in [-0.15, -0.1) is 0 Å². The highest BCUT2D eigenvalue weighted by molar-refractivity contribution is 14.1. The molecular formula is C9H8IN3O3. The molecular weight excluding hydrogens is 325 g/mol. The summed E-state index contributed by atoms with van der Waals surface area (Å²) in [6, 6.07) is 0. The van der Waals surface area contributed by atoms with Crippen LogP contribution in [-0.2, 0) is 0 Å². The largest absolute Gasteiger partial charge is 0.492 e. The normalized spacial score (nSPS) is 10.7. The lowest BCUT2D eigenvalue weighted by Gasteiger charge is -2.01. The predicted molar refractivity (Wildman–Crippen MR) is 64.2 cm³/mol. The number of nitrogens with one attached hydrogen (secondary N) is 1. The van der Waals surface area contributed by atoms with E-state index in [9.17, 15) is 9.90 Å². The molecule has 16 heavy (non-hydrogen) atoms. The Balaban J connectivity index is 2.71. The van der Waals surface area contributed by atoms with Crippen molar-refractivity contribution in [3.05, 3.63) is 25.4 Å². The van der Waals surface area contributed by atoms with Crippen LogP contribution >= 0.6 is 22.6 Å². The fourth-order valence-electron chi connectivity index (χ4n) is 1.39. The SMILES string of the molecule is Cc1noc(C)c1-c1nc(O)c(I)c(=O)[nH]1. The van der Waals surface area contributed by atoms with Crippen molar-refractivity contribution in [3.8, 4) is 17.3 Å². The van der Waals surface area contributed by atoms with Crippen LogP contribution in [0.4, 0.5) is 0 Å². The van der Waals surface area contributed by atoms with Crippen LogP contribution in [-0.4, -0.2) is 20.2 Å². The van der Waals surface area contributed by atoms with Crippen LogP contribution in [0.5, 0.6) is 5.88 Å². The van der Waals surface area contributed by atoms with Crippen LogP contribution in [0.3, 0.4) is 0 Å². The number of aromatic amines is 1. The number of H-pyrrole nitrogens is 1. The maximum absolute atomic E-state index is 11.5. The first-order valence-corrected chi connectivity index (χ1v) is 5.50. The van der Waals surface area contributed by atoms with Crippen molar-refractivity contribution < 1.29 is 9.63 Å². The highest BCUT2D eigenvalue weighted by Gasteiger charge is 2.16. The standard InChI is InChI=1S/C9H8IN3O3/c1-3-5(4(2)16-13-3)7-11-8(14)6(10)9(15)12-7/h1-2H3,(H2,11,12,14,15). The van der Waals surface area contributed by atoms with Gasteiger partial charge in [-0.1, -0.05) is 5.16 Å². The minimum absolute atomic E-state index is 0.160. The molecule has 0 unspecified atom stereocenters. The first kappa shape index (κ1) is 11.1. The Hall–Kier alpha value is -1.38. The van der Waals surface area contributed by atoms with Crippen LogP contribution in [0.25, 0.3) is 11.4 Å². The third-order valence-corrected chi connectivity index (χ3v) is 3.09. The lowest BCUT2D eigenvalue weighted by Crippen LogP contribution is -2.12. The molecule has 0 fully saturated rings. The van der Waals surface area contributed by atoms with Gasteiger partial charge in [0, 0.05) is 0 Å². The third kappa shape index (κ3) is 1.70. The Labute approximate surface area is 104 Å². The topological polar surface area (TPSA) is 92.0 Å². The molecule has 0 atom stereocenters. The number of halogens is 1. The van der Waals surface area contributed by atoms with Gasteiger partial charge < -0.3 is 14.6 Å². The summed E-state index contributed by atoms with van der Waals surface area (Å²) in [5, 5.41) is 13.2. The van der Waals surface area contributed by atoms with Crippen LogP contribution in [0.15, 0.2) is 9.32 Å². The minimum atomic E-state index is -0.386. The average molecular weight is 333 g/mol. The second kappa shape index (κ2) is 3.89. The molecule has 0 amide bonds. The predicted octanol–water partition coefficient (Wildman–Crippen LogP) is 1.35. The molecule has 84 valence electrons. The van der Waals surface area contributed by atoms with E-state index in [1.54, 1.807) is 36.4 Å². The molecule has 0 aliphatic heterocycles. The van der Waals surface area contributed by atoms with E-state index in [-0.39, 0.29) is 20.8 Å². The summed E-state index contributed by atoms with van der Waals surface area (Å²) in [6.07, 6.45) is 0. The minimum Gasteiger partial charge on any atom is -0.492 e. The lowest BCUT2D eigenvalue weighted by molar-refractivity contribution is 0.393. The Bertz CT molecular complexity index is 583. The van der Waals surface area contributed by atoms with Gasteiger partial charge in [0.05, 0.1) is 11.3 Å². The molecule has 0 bridgehead atoms. The summed E-state index contributed by atoms with van der Waals surface area (Å²) in [5.41, 5.74) is 0.827. The van der Waals surface area contributed by atoms with Gasteiger partial charge in [-0.2, -0.15) is 4.98 Å². The summed E-state index contributed by atoms with van der Waals surface area (Å²) < 4.78 is 5.12. The zero-order valence-corrected chi connectivity index (χ0v) is 10.7. The van der Waals surface area contributed by atoms with Gasteiger partial charge in [-0.3, -0.25) is 4.79 Å². The van der Waals surface area contributed by atoms with Crippen LogP contribution < -0.4 is 5.56 Å². The number of hydrogen-bond donors (Lipinski definition) is 2. The number of aryl methyl sites for hydroxylation is 2. The molecule has 6 nitrogen and oxygen atoms in total. The van der Waals surface area contributed by atoms with Gasteiger partial charge in [0.1, 0.15) is 15.2 Å². The molecule has 2 N–H and O–H groups in total. The molecule has 0 spiro atoms. The first-order valence-electron chi connectivity index (χ1n) is 4.42. The van der Waals surface area contributed by atoms with Crippen molar-refractivity contribution in [3.63, 3.8) is 0 Å². The molecule has 0 saturated carbocycles. The highest BCUT2D eigenvalue weighted by atomic mass is 127. The van der Waals surface area contributed by atoms with Gasteiger partial charge in [0.15, 0.2) is 0 Å². The quantitative estimate of drug-likeness (QED) is 0.769. The van der Waals surface area contributed by atoms with Gasteiger partial charge in [0.25, 0.3) is 5.56 Å². The van der Waals surface area contributed by atoms with E-state index in [4.69, 9.17) is 4.52 Å². The number of rotatable bonds is 1.